The molecule has 0 saturated heterocycles. The Morgan fingerprint density at radius 3 is 1.98 bits per heavy atom. The van der Waals surface area contributed by atoms with Crippen molar-refractivity contribution in [3.8, 4) is 39.8 Å². The Hall–Kier alpha value is -5.68. The summed E-state index contributed by atoms with van der Waals surface area (Å²) in [6.07, 6.45) is 0. The Labute approximate surface area is 261 Å². The molecule has 0 spiro atoms. The zero-order chi connectivity index (χ0) is 30.7. The van der Waals surface area contributed by atoms with Crippen molar-refractivity contribution in [3.05, 3.63) is 139 Å². The zero-order valence-electron chi connectivity index (χ0n) is 25.4. The number of imidazole rings is 1. The van der Waals surface area contributed by atoms with Crippen molar-refractivity contribution in [2.24, 2.45) is 0 Å². The SMILES string of the molecule is CC(C)(C)c1ccc(-n2c(-c3ccccc3O)nc3c(-c4ccc5c6ccccc6n(-c6ccccc6)c5n4)cccc32)cc1. The summed E-state index contributed by atoms with van der Waals surface area (Å²) >= 11 is 0. The highest BCUT2D eigenvalue weighted by atomic mass is 16.3. The van der Waals surface area contributed by atoms with Crippen molar-refractivity contribution in [1.82, 2.24) is 19.1 Å². The summed E-state index contributed by atoms with van der Waals surface area (Å²) in [6.45, 7) is 6.65. The van der Waals surface area contributed by atoms with Crippen LogP contribution in [0.15, 0.2) is 133 Å². The molecule has 3 aromatic heterocycles. The fourth-order valence-electron chi connectivity index (χ4n) is 6.35. The van der Waals surface area contributed by atoms with Crippen LogP contribution in [-0.2, 0) is 5.41 Å². The number of hydrogen-bond acceptors (Lipinski definition) is 3. The number of benzene rings is 5. The number of pyridine rings is 1. The molecule has 0 unspecified atom stereocenters. The van der Waals surface area contributed by atoms with E-state index < -0.39 is 0 Å². The lowest BCUT2D eigenvalue weighted by Gasteiger charge is -2.19. The molecule has 0 atom stereocenters. The van der Waals surface area contributed by atoms with E-state index in [1.54, 1.807) is 6.07 Å². The predicted octanol–water partition coefficient (Wildman–Crippen LogP) is 9.85. The van der Waals surface area contributed by atoms with Crippen molar-refractivity contribution in [2.75, 3.05) is 0 Å². The molecule has 0 fully saturated rings. The van der Waals surface area contributed by atoms with E-state index in [2.05, 4.69) is 133 Å². The van der Waals surface area contributed by atoms with Crippen LogP contribution in [-0.4, -0.2) is 24.2 Å². The van der Waals surface area contributed by atoms with Gasteiger partial charge in [-0.1, -0.05) is 93.6 Å². The monoisotopic (exact) mass is 584 g/mol. The Kier molecular flexibility index (Phi) is 6.10. The minimum Gasteiger partial charge on any atom is -0.507 e. The third-order valence-electron chi connectivity index (χ3n) is 8.63. The van der Waals surface area contributed by atoms with Gasteiger partial charge in [0.25, 0.3) is 0 Å². The molecule has 5 aromatic carbocycles. The second-order valence-electron chi connectivity index (χ2n) is 12.5. The molecule has 8 aromatic rings. The number of hydrogen-bond donors (Lipinski definition) is 1. The summed E-state index contributed by atoms with van der Waals surface area (Å²) in [5, 5.41) is 13.2. The van der Waals surface area contributed by atoms with E-state index in [0.29, 0.717) is 11.4 Å². The highest BCUT2D eigenvalue weighted by molar-refractivity contribution is 6.08. The van der Waals surface area contributed by atoms with Crippen LogP contribution in [0.3, 0.4) is 0 Å². The van der Waals surface area contributed by atoms with E-state index >= 15 is 0 Å². The summed E-state index contributed by atoms with van der Waals surface area (Å²) in [5.41, 5.74) is 9.57. The van der Waals surface area contributed by atoms with Gasteiger partial charge >= 0.3 is 0 Å². The van der Waals surface area contributed by atoms with Gasteiger partial charge < -0.3 is 5.11 Å². The number of aromatic hydroxyl groups is 1. The Bertz CT molecular complexity index is 2360. The first-order valence-corrected chi connectivity index (χ1v) is 15.3. The molecule has 218 valence electrons. The summed E-state index contributed by atoms with van der Waals surface area (Å²) in [5.74, 6) is 0.868. The molecule has 0 amide bonds. The number of phenolic OH excluding ortho intramolecular Hbond substituents is 1. The molecule has 45 heavy (non-hydrogen) atoms. The number of fused-ring (bicyclic) bond motifs is 4. The van der Waals surface area contributed by atoms with Crippen LogP contribution in [0.4, 0.5) is 0 Å². The maximum Gasteiger partial charge on any atom is 0.149 e. The van der Waals surface area contributed by atoms with Crippen LogP contribution in [0.2, 0.25) is 0 Å². The molecular formula is C40H32N4O. The van der Waals surface area contributed by atoms with E-state index in [4.69, 9.17) is 9.97 Å². The van der Waals surface area contributed by atoms with Crippen molar-refractivity contribution in [3.63, 3.8) is 0 Å². The number of nitrogens with zero attached hydrogens (tertiary/aromatic N) is 4. The molecular weight excluding hydrogens is 552 g/mol. The van der Waals surface area contributed by atoms with Crippen LogP contribution in [0.25, 0.3) is 67.0 Å². The highest BCUT2D eigenvalue weighted by Crippen LogP contribution is 2.38. The average Bonchev–Trinajstić information content (AvgIpc) is 3.61. The topological polar surface area (TPSA) is 55.9 Å². The number of aromatic nitrogens is 4. The van der Waals surface area contributed by atoms with Crippen LogP contribution in [0.1, 0.15) is 26.3 Å². The molecule has 0 aliphatic heterocycles. The summed E-state index contributed by atoms with van der Waals surface area (Å²) in [7, 11) is 0. The molecule has 0 saturated carbocycles. The second-order valence-corrected chi connectivity index (χ2v) is 12.5. The number of phenols is 1. The maximum absolute atomic E-state index is 11.0. The van der Waals surface area contributed by atoms with Gasteiger partial charge in [0.05, 0.1) is 27.8 Å². The standard InChI is InChI=1S/C40H32N4O/c1-40(2,3)26-20-22-28(23-21-26)44-35-18-11-16-31(37(35)42-39(44)32-15-8-10-19-36(32)45)33-25-24-30-29-14-7-9-17-34(29)43(38(30)41-33)27-12-5-4-6-13-27/h4-25,45H,1-3H3. The van der Waals surface area contributed by atoms with Gasteiger partial charge in [0.15, 0.2) is 0 Å². The third-order valence-corrected chi connectivity index (χ3v) is 8.63. The lowest BCUT2D eigenvalue weighted by molar-refractivity contribution is 0.477. The maximum atomic E-state index is 11.0. The Morgan fingerprint density at radius 1 is 0.533 bits per heavy atom. The van der Waals surface area contributed by atoms with E-state index in [1.807, 2.05) is 24.3 Å². The van der Waals surface area contributed by atoms with Gasteiger partial charge in [-0.25, -0.2) is 9.97 Å². The van der Waals surface area contributed by atoms with Crippen LogP contribution in [0.5, 0.6) is 5.75 Å². The lowest BCUT2D eigenvalue weighted by Crippen LogP contribution is -2.11. The normalized spacial score (nSPS) is 12.0. The van der Waals surface area contributed by atoms with E-state index in [9.17, 15) is 5.11 Å². The van der Waals surface area contributed by atoms with Crippen molar-refractivity contribution in [1.29, 1.82) is 0 Å². The Balaban J connectivity index is 1.39. The van der Waals surface area contributed by atoms with Gasteiger partial charge in [-0.3, -0.25) is 9.13 Å². The predicted molar refractivity (Wildman–Crippen MR) is 184 cm³/mol. The molecule has 0 aliphatic rings. The largest absolute Gasteiger partial charge is 0.507 e. The van der Waals surface area contributed by atoms with Gasteiger partial charge in [0.1, 0.15) is 17.2 Å². The molecule has 8 rings (SSSR count). The van der Waals surface area contributed by atoms with Crippen LogP contribution < -0.4 is 0 Å². The first-order valence-electron chi connectivity index (χ1n) is 15.3. The fraction of sp³-hybridized carbons (Fsp3) is 0.100. The summed E-state index contributed by atoms with van der Waals surface area (Å²) < 4.78 is 4.37. The quantitative estimate of drug-likeness (QED) is 0.224. The molecule has 5 nitrogen and oxygen atoms in total. The summed E-state index contributed by atoms with van der Waals surface area (Å²) in [4.78, 5) is 10.5. The van der Waals surface area contributed by atoms with Crippen LogP contribution in [0, 0.1) is 0 Å². The van der Waals surface area contributed by atoms with Gasteiger partial charge in [-0.15, -0.1) is 0 Å². The number of rotatable bonds is 4. The Morgan fingerprint density at radius 2 is 1.20 bits per heavy atom. The zero-order valence-corrected chi connectivity index (χ0v) is 25.4. The van der Waals surface area contributed by atoms with Crippen LogP contribution >= 0.6 is 0 Å². The second kappa shape index (κ2) is 10.2. The van der Waals surface area contributed by atoms with E-state index in [0.717, 1.165) is 50.2 Å². The van der Waals surface area contributed by atoms with Crippen molar-refractivity contribution in [2.45, 2.75) is 26.2 Å². The average molecular weight is 585 g/mol. The number of para-hydroxylation sites is 4. The smallest absolute Gasteiger partial charge is 0.149 e. The van der Waals surface area contributed by atoms with Gasteiger partial charge in [-0.2, -0.15) is 0 Å². The molecule has 0 bridgehead atoms. The molecule has 3 heterocycles. The van der Waals surface area contributed by atoms with Crippen molar-refractivity contribution < 1.29 is 5.11 Å². The fourth-order valence-corrected chi connectivity index (χ4v) is 6.35. The first-order chi connectivity index (χ1) is 21.9. The van der Waals surface area contributed by atoms with E-state index in [1.165, 1.54) is 10.9 Å². The highest BCUT2D eigenvalue weighted by Gasteiger charge is 2.22. The minimum atomic E-state index is 0.0375. The molecule has 1 N–H and O–H groups in total. The third kappa shape index (κ3) is 4.39. The van der Waals surface area contributed by atoms with Gasteiger partial charge in [-0.05, 0) is 71.6 Å². The first kappa shape index (κ1) is 26.9. The molecule has 5 heteroatoms. The van der Waals surface area contributed by atoms with E-state index in [-0.39, 0.29) is 11.2 Å². The van der Waals surface area contributed by atoms with Gasteiger partial charge in [0.2, 0.25) is 0 Å². The van der Waals surface area contributed by atoms with Gasteiger partial charge in [0, 0.05) is 27.7 Å². The lowest BCUT2D eigenvalue weighted by atomic mass is 9.87. The molecule has 0 radical (unpaired) electrons. The summed E-state index contributed by atoms with van der Waals surface area (Å²) in [6, 6.07) is 45.4. The van der Waals surface area contributed by atoms with Crippen molar-refractivity contribution >= 4 is 33.0 Å². The molecule has 0 aliphatic carbocycles. The minimum absolute atomic E-state index is 0.0375.